The van der Waals surface area contributed by atoms with Crippen molar-refractivity contribution in [1.82, 2.24) is 9.88 Å². The van der Waals surface area contributed by atoms with Gasteiger partial charge in [-0.3, -0.25) is 4.79 Å². The molecule has 1 atom stereocenters. The van der Waals surface area contributed by atoms with E-state index in [2.05, 4.69) is 15.3 Å². The van der Waals surface area contributed by atoms with Crippen molar-refractivity contribution in [1.29, 1.82) is 0 Å². The molecule has 3 nitrogen and oxygen atoms in total. The van der Waals surface area contributed by atoms with Gasteiger partial charge in [0.2, 0.25) is 5.91 Å². The van der Waals surface area contributed by atoms with E-state index in [0.717, 1.165) is 36.0 Å². The van der Waals surface area contributed by atoms with Crippen molar-refractivity contribution in [2.24, 2.45) is 5.92 Å². The van der Waals surface area contributed by atoms with Crippen molar-refractivity contribution in [3.8, 4) is 0 Å². The van der Waals surface area contributed by atoms with Crippen LogP contribution in [0.25, 0.3) is 0 Å². The lowest BCUT2D eigenvalue weighted by Crippen LogP contribution is -2.39. The van der Waals surface area contributed by atoms with Gasteiger partial charge in [-0.15, -0.1) is 11.3 Å². The molecule has 0 spiro atoms. The van der Waals surface area contributed by atoms with Gasteiger partial charge in [0.1, 0.15) is 0 Å². The molecule has 1 saturated carbocycles. The SMILES string of the molecule is Cc1nc(CCCC(=O)N2CCCC2C2CCCC2)cs1. The molecular formula is C17H26N2OS. The predicted molar refractivity (Wildman–Crippen MR) is 86.5 cm³/mol. The number of carbonyl (C=O) groups is 1. The summed E-state index contributed by atoms with van der Waals surface area (Å²) in [6.07, 6.45) is 10.4. The largest absolute Gasteiger partial charge is 0.339 e. The number of aromatic nitrogens is 1. The second kappa shape index (κ2) is 6.91. The molecule has 1 saturated heterocycles. The summed E-state index contributed by atoms with van der Waals surface area (Å²) in [5.74, 6) is 1.17. The van der Waals surface area contributed by atoms with Gasteiger partial charge in [-0.1, -0.05) is 12.8 Å². The highest BCUT2D eigenvalue weighted by Crippen LogP contribution is 2.35. The Kier molecular flexibility index (Phi) is 4.94. The maximum atomic E-state index is 12.5. The fourth-order valence-electron chi connectivity index (χ4n) is 4.02. The summed E-state index contributed by atoms with van der Waals surface area (Å²) < 4.78 is 0. The Hall–Kier alpha value is -0.900. The summed E-state index contributed by atoms with van der Waals surface area (Å²) in [4.78, 5) is 19.2. The first-order valence-electron chi connectivity index (χ1n) is 8.44. The van der Waals surface area contributed by atoms with Crippen LogP contribution in [0.2, 0.25) is 0 Å². The van der Waals surface area contributed by atoms with Gasteiger partial charge in [-0.25, -0.2) is 4.98 Å². The lowest BCUT2D eigenvalue weighted by Gasteiger charge is -2.29. The number of amides is 1. The molecule has 1 aromatic rings. The topological polar surface area (TPSA) is 33.2 Å². The zero-order valence-corrected chi connectivity index (χ0v) is 13.8. The number of aryl methyl sites for hydroxylation is 2. The highest BCUT2D eigenvalue weighted by Gasteiger charge is 2.35. The van der Waals surface area contributed by atoms with Gasteiger partial charge < -0.3 is 4.90 Å². The summed E-state index contributed by atoms with van der Waals surface area (Å²) in [5, 5.41) is 3.24. The van der Waals surface area contributed by atoms with Crippen LogP contribution in [-0.2, 0) is 11.2 Å². The summed E-state index contributed by atoms with van der Waals surface area (Å²) in [6, 6.07) is 0.557. The molecule has 2 heterocycles. The molecule has 1 aromatic heterocycles. The van der Waals surface area contributed by atoms with Crippen LogP contribution in [0.5, 0.6) is 0 Å². The highest BCUT2D eigenvalue weighted by molar-refractivity contribution is 7.09. The number of hydrogen-bond acceptors (Lipinski definition) is 3. The minimum Gasteiger partial charge on any atom is -0.339 e. The molecule has 1 amide bonds. The first-order chi connectivity index (χ1) is 10.2. The molecule has 2 aliphatic rings. The van der Waals surface area contributed by atoms with E-state index in [9.17, 15) is 4.79 Å². The van der Waals surface area contributed by atoms with Crippen LogP contribution >= 0.6 is 11.3 Å². The van der Waals surface area contributed by atoms with E-state index < -0.39 is 0 Å². The standard InChI is InChI=1S/C17H26N2OS/c1-13-18-15(12-21-13)8-4-10-17(20)19-11-5-9-16(19)14-6-2-3-7-14/h12,14,16H,2-11H2,1H3. The van der Waals surface area contributed by atoms with Crippen LogP contribution in [0.15, 0.2) is 5.38 Å². The molecular weight excluding hydrogens is 280 g/mol. The zero-order valence-electron chi connectivity index (χ0n) is 13.0. The van der Waals surface area contributed by atoms with Crippen molar-refractivity contribution in [2.75, 3.05) is 6.54 Å². The van der Waals surface area contributed by atoms with E-state index in [4.69, 9.17) is 0 Å². The second-order valence-electron chi connectivity index (χ2n) is 6.55. The normalized spacial score (nSPS) is 23.1. The Morgan fingerprint density at radius 1 is 1.33 bits per heavy atom. The smallest absolute Gasteiger partial charge is 0.222 e. The second-order valence-corrected chi connectivity index (χ2v) is 7.61. The van der Waals surface area contributed by atoms with Gasteiger partial charge in [-0.2, -0.15) is 0 Å². The van der Waals surface area contributed by atoms with E-state index in [1.54, 1.807) is 11.3 Å². The van der Waals surface area contributed by atoms with Gasteiger partial charge in [0.05, 0.1) is 10.7 Å². The number of hydrogen-bond donors (Lipinski definition) is 0. The first-order valence-corrected chi connectivity index (χ1v) is 9.32. The molecule has 0 radical (unpaired) electrons. The van der Waals surface area contributed by atoms with Gasteiger partial charge in [0, 0.05) is 24.4 Å². The highest BCUT2D eigenvalue weighted by atomic mass is 32.1. The van der Waals surface area contributed by atoms with E-state index in [1.807, 2.05) is 6.92 Å². The van der Waals surface area contributed by atoms with Gasteiger partial charge in [-0.05, 0) is 51.4 Å². The molecule has 0 N–H and O–H groups in total. The molecule has 1 aliphatic carbocycles. The number of carbonyl (C=O) groups excluding carboxylic acids is 1. The van der Waals surface area contributed by atoms with Crippen LogP contribution in [-0.4, -0.2) is 28.4 Å². The fraction of sp³-hybridized carbons (Fsp3) is 0.765. The minimum atomic E-state index is 0.386. The Balaban J connectivity index is 1.47. The Bertz CT molecular complexity index is 479. The van der Waals surface area contributed by atoms with Gasteiger partial charge in [0.15, 0.2) is 0 Å². The molecule has 1 unspecified atom stereocenters. The third-order valence-electron chi connectivity index (χ3n) is 5.05. The molecule has 21 heavy (non-hydrogen) atoms. The van der Waals surface area contributed by atoms with Crippen LogP contribution < -0.4 is 0 Å². The lowest BCUT2D eigenvalue weighted by molar-refractivity contribution is -0.133. The molecule has 116 valence electrons. The quantitative estimate of drug-likeness (QED) is 0.825. The number of likely N-dealkylation sites (tertiary alicyclic amines) is 1. The fourth-order valence-corrected chi connectivity index (χ4v) is 4.67. The summed E-state index contributed by atoms with van der Waals surface area (Å²) in [6.45, 7) is 3.03. The molecule has 0 bridgehead atoms. The van der Waals surface area contributed by atoms with Crippen LogP contribution in [0.4, 0.5) is 0 Å². The van der Waals surface area contributed by atoms with Crippen molar-refractivity contribution in [3.05, 3.63) is 16.1 Å². The van der Waals surface area contributed by atoms with Crippen molar-refractivity contribution >= 4 is 17.2 Å². The Morgan fingerprint density at radius 2 is 2.14 bits per heavy atom. The van der Waals surface area contributed by atoms with Gasteiger partial charge >= 0.3 is 0 Å². The lowest BCUT2D eigenvalue weighted by atomic mass is 9.96. The van der Waals surface area contributed by atoms with Crippen LogP contribution in [0.1, 0.15) is 62.1 Å². The summed E-state index contributed by atoms with van der Waals surface area (Å²) in [7, 11) is 0. The van der Waals surface area contributed by atoms with Crippen molar-refractivity contribution in [2.45, 2.75) is 70.8 Å². The number of rotatable bonds is 5. The minimum absolute atomic E-state index is 0.386. The maximum Gasteiger partial charge on any atom is 0.222 e. The maximum absolute atomic E-state index is 12.5. The Morgan fingerprint density at radius 3 is 2.86 bits per heavy atom. The van der Waals surface area contributed by atoms with E-state index in [1.165, 1.54) is 38.5 Å². The predicted octanol–water partition coefficient (Wildman–Crippen LogP) is 3.96. The third-order valence-corrected chi connectivity index (χ3v) is 5.88. The Labute approximate surface area is 131 Å². The molecule has 4 heteroatoms. The van der Waals surface area contributed by atoms with E-state index >= 15 is 0 Å². The van der Waals surface area contributed by atoms with E-state index in [-0.39, 0.29) is 0 Å². The first kappa shape index (κ1) is 15.0. The molecule has 3 rings (SSSR count). The third kappa shape index (κ3) is 3.65. The zero-order chi connectivity index (χ0) is 14.7. The summed E-state index contributed by atoms with van der Waals surface area (Å²) in [5.41, 5.74) is 1.15. The summed E-state index contributed by atoms with van der Waals surface area (Å²) >= 11 is 1.70. The number of nitrogens with zero attached hydrogens (tertiary/aromatic N) is 2. The van der Waals surface area contributed by atoms with Crippen molar-refractivity contribution < 1.29 is 4.79 Å². The molecule has 2 fully saturated rings. The average Bonchev–Trinajstić information content (AvgIpc) is 3.19. The van der Waals surface area contributed by atoms with Gasteiger partial charge in [0.25, 0.3) is 0 Å². The number of thiazole rings is 1. The monoisotopic (exact) mass is 306 g/mol. The molecule has 1 aliphatic heterocycles. The molecule has 0 aromatic carbocycles. The average molecular weight is 306 g/mol. The van der Waals surface area contributed by atoms with Crippen LogP contribution in [0, 0.1) is 12.8 Å². The van der Waals surface area contributed by atoms with Crippen molar-refractivity contribution in [3.63, 3.8) is 0 Å². The van der Waals surface area contributed by atoms with Crippen LogP contribution in [0.3, 0.4) is 0 Å². The van der Waals surface area contributed by atoms with E-state index in [0.29, 0.717) is 18.4 Å².